The summed E-state index contributed by atoms with van der Waals surface area (Å²) in [7, 11) is 0. The summed E-state index contributed by atoms with van der Waals surface area (Å²) in [6.07, 6.45) is 5.96. The monoisotopic (exact) mass is 387 g/mol. The van der Waals surface area contributed by atoms with E-state index in [0.29, 0.717) is 23.6 Å². The second-order valence-corrected chi connectivity index (χ2v) is 6.28. The van der Waals surface area contributed by atoms with Crippen LogP contribution in [0.3, 0.4) is 0 Å². The summed E-state index contributed by atoms with van der Waals surface area (Å²) in [5.41, 5.74) is 1.67. The van der Waals surface area contributed by atoms with Gasteiger partial charge in [-0.15, -0.1) is 0 Å². The van der Waals surface area contributed by atoms with Crippen LogP contribution in [0.25, 0.3) is 11.5 Å². The van der Waals surface area contributed by atoms with Gasteiger partial charge in [0, 0.05) is 37.3 Å². The van der Waals surface area contributed by atoms with Crippen molar-refractivity contribution in [3.63, 3.8) is 0 Å². The largest absolute Gasteiger partial charge is 0.492 e. The zero-order valence-corrected chi connectivity index (χ0v) is 15.3. The molecular formula is C21H17N5O3. The molecule has 0 radical (unpaired) electrons. The quantitative estimate of drug-likeness (QED) is 0.546. The molecule has 0 aliphatic carbocycles. The normalized spacial score (nSPS) is 10.6. The second kappa shape index (κ2) is 7.81. The number of hydrogen-bond acceptors (Lipinski definition) is 5. The molecule has 1 amide bonds. The minimum Gasteiger partial charge on any atom is -0.492 e. The Morgan fingerprint density at radius 3 is 2.45 bits per heavy atom. The molecule has 0 saturated carbocycles. The van der Waals surface area contributed by atoms with Gasteiger partial charge in [-0.2, -0.15) is 9.78 Å². The van der Waals surface area contributed by atoms with E-state index in [2.05, 4.69) is 15.4 Å². The van der Waals surface area contributed by atoms with Crippen molar-refractivity contribution in [2.24, 2.45) is 0 Å². The van der Waals surface area contributed by atoms with E-state index in [4.69, 9.17) is 0 Å². The van der Waals surface area contributed by atoms with Crippen LogP contribution in [0.1, 0.15) is 15.9 Å². The number of nitrogens with one attached hydrogen (secondary N) is 1. The van der Waals surface area contributed by atoms with Gasteiger partial charge in [0.05, 0.1) is 11.8 Å². The average molecular weight is 387 g/mol. The predicted octanol–water partition coefficient (Wildman–Crippen LogP) is 2.05. The highest BCUT2D eigenvalue weighted by Crippen LogP contribution is 2.23. The maximum atomic E-state index is 12.3. The van der Waals surface area contributed by atoms with Crippen LogP contribution in [0, 0.1) is 0 Å². The van der Waals surface area contributed by atoms with Gasteiger partial charge in [0.1, 0.15) is 5.69 Å². The first kappa shape index (κ1) is 18.2. The Bertz CT molecular complexity index is 1180. The van der Waals surface area contributed by atoms with Crippen LogP contribution in [0.4, 0.5) is 0 Å². The number of nitrogens with zero attached hydrogens (tertiary/aromatic N) is 4. The minimum absolute atomic E-state index is 0.129. The van der Waals surface area contributed by atoms with Crippen LogP contribution in [-0.4, -0.2) is 30.3 Å². The number of amides is 1. The highest BCUT2D eigenvalue weighted by molar-refractivity contribution is 5.93. The maximum Gasteiger partial charge on any atom is 0.253 e. The number of carbonyl (C=O) groups excluding carboxylic acids is 1. The fourth-order valence-electron chi connectivity index (χ4n) is 2.78. The summed E-state index contributed by atoms with van der Waals surface area (Å²) in [5, 5.41) is 17.5. The number of hydrogen-bond donors (Lipinski definition) is 2. The van der Waals surface area contributed by atoms with Gasteiger partial charge in [-0.05, 0) is 17.7 Å². The van der Waals surface area contributed by atoms with Crippen molar-refractivity contribution >= 4 is 5.91 Å². The van der Waals surface area contributed by atoms with E-state index >= 15 is 0 Å². The van der Waals surface area contributed by atoms with E-state index in [9.17, 15) is 14.7 Å². The van der Waals surface area contributed by atoms with Crippen molar-refractivity contribution in [2.75, 3.05) is 0 Å². The Kier molecular flexibility index (Phi) is 4.90. The Morgan fingerprint density at radius 2 is 1.76 bits per heavy atom. The highest BCUT2D eigenvalue weighted by atomic mass is 16.3. The Balaban J connectivity index is 1.50. The van der Waals surface area contributed by atoms with Crippen LogP contribution >= 0.6 is 0 Å². The molecule has 0 bridgehead atoms. The molecule has 0 aliphatic heterocycles. The van der Waals surface area contributed by atoms with Crippen LogP contribution in [-0.2, 0) is 6.54 Å². The lowest BCUT2D eigenvalue weighted by atomic mass is 10.2. The van der Waals surface area contributed by atoms with E-state index in [1.54, 1.807) is 16.7 Å². The summed E-state index contributed by atoms with van der Waals surface area (Å²) in [4.78, 5) is 27.8. The van der Waals surface area contributed by atoms with Crippen LogP contribution < -0.4 is 10.7 Å². The molecule has 144 valence electrons. The lowest BCUT2D eigenvalue weighted by molar-refractivity contribution is 0.0950. The fourth-order valence-corrected chi connectivity index (χ4v) is 2.78. The SMILES string of the molecule is O=C(NCc1ccccc1)c1ccc(-n2ncc(-n3ccc(=O)cc3)c2O)nc1. The van der Waals surface area contributed by atoms with Crippen molar-refractivity contribution in [2.45, 2.75) is 6.54 Å². The third kappa shape index (κ3) is 3.91. The number of aromatic nitrogens is 4. The molecular weight excluding hydrogens is 370 g/mol. The molecule has 29 heavy (non-hydrogen) atoms. The molecule has 0 fully saturated rings. The maximum absolute atomic E-state index is 12.3. The minimum atomic E-state index is -0.244. The summed E-state index contributed by atoms with van der Waals surface area (Å²) in [6.45, 7) is 0.421. The number of benzene rings is 1. The van der Waals surface area contributed by atoms with Crippen LogP contribution in [0.15, 0.2) is 84.2 Å². The van der Waals surface area contributed by atoms with Gasteiger partial charge in [-0.25, -0.2) is 4.98 Å². The molecule has 1 aromatic carbocycles. The molecule has 2 N–H and O–H groups in total. The van der Waals surface area contributed by atoms with Gasteiger partial charge in [-0.1, -0.05) is 30.3 Å². The first-order valence-electron chi connectivity index (χ1n) is 8.86. The molecule has 3 heterocycles. The first-order chi connectivity index (χ1) is 14.1. The Hall–Kier alpha value is -4.20. The summed E-state index contributed by atoms with van der Waals surface area (Å²) in [5.74, 6) is -0.0247. The summed E-state index contributed by atoms with van der Waals surface area (Å²) < 4.78 is 2.82. The third-order valence-electron chi connectivity index (χ3n) is 4.33. The Morgan fingerprint density at radius 1 is 1.00 bits per heavy atom. The first-order valence-corrected chi connectivity index (χ1v) is 8.86. The smallest absolute Gasteiger partial charge is 0.253 e. The molecule has 0 spiro atoms. The van der Waals surface area contributed by atoms with Gasteiger partial charge >= 0.3 is 0 Å². The van der Waals surface area contributed by atoms with Gasteiger partial charge < -0.3 is 15.0 Å². The number of carbonyl (C=O) groups is 1. The molecule has 0 saturated heterocycles. The average Bonchev–Trinajstić information content (AvgIpc) is 3.15. The third-order valence-corrected chi connectivity index (χ3v) is 4.33. The fraction of sp³-hybridized carbons (Fsp3) is 0.0476. The molecule has 0 aliphatic rings. The van der Waals surface area contributed by atoms with Gasteiger partial charge in [0.25, 0.3) is 5.91 Å². The second-order valence-electron chi connectivity index (χ2n) is 6.28. The van der Waals surface area contributed by atoms with E-state index in [1.165, 1.54) is 41.6 Å². The summed E-state index contributed by atoms with van der Waals surface area (Å²) >= 11 is 0. The molecule has 3 aromatic heterocycles. The van der Waals surface area contributed by atoms with Crippen LogP contribution in [0.5, 0.6) is 5.88 Å². The standard InChI is InChI=1S/C21H17N5O3/c27-17-8-10-25(11-9-17)18-14-24-26(21(18)29)19-7-6-16(13-22-19)20(28)23-12-15-4-2-1-3-5-15/h1-11,13-14,29H,12H2,(H,23,28). The van der Waals surface area contributed by atoms with Crippen molar-refractivity contribution in [1.29, 1.82) is 0 Å². The van der Waals surface area contributed by atoms with Gasteiger partial charge in [-0.3, -0.25) is 9.59 Å². The molecule has 8 heteroatoms. The van der Waals surface area contributed by atoms with Crippen molar-refractivity contribution in [1.82, 2.24) is 24.6 Å². The molecule has 4 rings (SSSR count). The van der Waals surface area contributed by atoms with Crippen molar-refractivity contribution < 1.29 is 9.90 Å². The van der Waals surface area contributed by atoms with E-state index in [0.717, 1.165) is 5.56 Å². The Labute approximate surface area is 165 Å². The number of aromatic hydroxyl groups is 1. The number of pyridine rings is 2. The zero-order chi connectivity index (χ0) is 20.2. The van der Waals surface area contributed by atoms with Gasteiger partial charge in [0.15, 0.2) is 11.2 Å². The zero-order valence-electron chi connectivity index (χ0n) is 15.3. The lowest BCUT2D eigenvalue weighted by Crippen LogP contribution is -2.23. The van der Waals surface area contributed by atoms with Crippen LogP contribution in [0.2, 0.25) is 0 Å². The molecule has 8 nitrogen and oxygen atoms in total. The molecule has 0 atom stereocenters. The topological polar surface area (TPSA) is 102 Å². The van der Waals surface area contributed by atoms with E-state index < -0.39 is 0 Å². The molecule has 0 unspecified atom stereocenters. The van der Waals surface area contributed by atoms with E-state index in [-0.39, 0.29) is 17.2 Å². The molecule has 4 aromatic rings. The van der Waals surface area contributed by atoms with Crippen molar-refractivity contribution in [3.05, 3.63) is 101 Å². The predicted molar refractivity (Wildman–Crippen MR) is 106 cm³/mol. The highest BCUT2D eigenvalue weighted by Gasteiger charge is 2.14. The van der Waals surface area contributed by atoms with E-state index in [1.807, 2.05) is 30.3 Å². The lowest BCUT2D eigenvalue weighted by Gasteiger charge is -2.07. The van der Waals surface area contributed by atoms with Crippen molar-refractivity contribution in [3.8, 4) is 17.4 Å². The number of rotatable bonds is 5. The summed E-state index contributed by atoms with van der Waals surface area (Å²) in [6, 6.07) is 15.6. The van der Waals surface area contributed by atoms with Gasteiger partial charge in [0.2, 0.25) is 5.88 Å².